The topological polar surface area (TPSA) is 89.8 Å². The van der Waals surface area contributed by atoms with Crippen LogP contribution in [-0.4, -0.2) is 40.0 Å². The predicted molar refractivity (Wildman–Crippen MR) is 77.1 cm³/mol. The maximum atomic E-state index is 11.2. The van der Waals surface area contributed by atoms with Crippen LogP contribution in [0.25, 0.3) is 10.8 Å². The minimum atomic E-state index is -0.986. The molecule has 0 saturated heterocycles. The minimum absolute atomic E-state index is 0.223. The van der Waals surface area contributed by atoms with Crippen molar-refractivity contribution in [3.63, 3.8) is 0 Å². The molecule has 5 nitrogen and oxygen atoms in total. The van der Waals surface area contributed by atoms with Gasteiger partial charge in [-0.05, 0) is 24.4 Å². The molecule has 0 saturated carbocycles. The second-order valence-electron chi connectivity index (χ2n) is 5.01. The van der Waals surface area contributed by atoms with Crippen LogP contribution < -0.4 is 5.32 Å². The molecule has 0 aromatic heterocycles. The molecule has 0 atom stereocenters. The van der Waals surface area contributed by atoms with Crippen molar-refractivity contribution in [1.29, 1.82) is 0 Å². The molecule has 0 spiro atoms. The largest absolute Gasteiger partial charge is 0.478 e. The fourth-order valence-corrected chi connectivity index (χ4v) is 2.05. The van der Waals surface area contributed by atoms with Crippen molar-refractivity contribution in [2.75, 3.05) is 18.5 Å². The monoisotopic (exact) mass is 275 g/mol. The Morgan fingerprint density at radius 3 is 2.25 bits per heavy atom. The van der Waals surface area contributed by atoms with Crippen LogP contribution in [0.15, 0.2) is 36.4 Å². The molecule has 0 fully saturated rings. The second-order valence-corrected chi connectivity index (χ2v) is 5.01. The van der Waals surface area contributed by atoms with Crippen molar-refractivity contribution in [3.05, 3.63) is 42.0 Å². The van der Waals surface area contributed by atoms with Gasteiger partial charge in [0.1, 0.15) is 0 Å². The summed E-state index contributed by atoms with van der Waals surface area (Å²) < 4.78 is 0. The van der Waals surface area contributed by atoms with Crippen molar-refractivity contribution in [2.45, 2.75) is 12.5 Å². The quantitative estimate of drug-likeness (QED) is 0.667. The van der Waals surface area contributed by atoms with Crippen molar-refractivity contribution < 1.29 is 20.1 Å². The molecule has 0 radical (unpaired) electrons. The van der Waals surface area contributed by atoms with Gasteiger partial charge in [-0.3, -0.25) is 0 Å². The maximum Gasteiger partial charge on any atom is 0.336 e. The fraction of sp³-hybridized carbons (Fsp3) is 0.267. The first-order chi connectivity index (χ1) is 9.50. The Bertz CT molecular complexity index is 635. The summed E-state index contributed by atoms with van der Waals surface area (Å²) >= 11 is 0. The Labute approximate surface area is 116 Å². The lowest BCUT2D eigenvalue weighted by Crippen LogP contribution is -2.42. The van der Waals surface area contributed by atoms with Gasteiger partial charge < -0.3 is 20.6 Å². The standard InChI is InChI=1S/C15H17NO4/c1-15(8-17,9-18)16-13-7-6-12(14(19)20)10-4-2-3-5-11(10)13/h2-7,16-18H,8-9H2,1H3,(H,19,20). The average Bonchev–Trinajstić information content (AvgIpc) is 2.47. The third-order valence-corrected chi connectivity index (χ3v) is 3.29. The van der Waals surface area contributed by atoms with Crippen LogP contribution in [0.2, 0.25) is 0 Å². The van der Waals surface area contributed by atoms with Gasteiger partial charge in [0.15, 0.2) is 0 Å². The summed E-state index contributed by atoms with van der Waals surface area (Å²) in [6.07, 6.45) is 0. The number of fused-ring (bicyclic) bond motifs is 1. The highest BCUT2D eigenvalue weighted by Crippen LogP contribution is 2.28. The molecular weight excluding hydrogens is 258 g/mol. The zero-order valence-electron chi connectivity index (χ0n) is 11.1. The van der Waals surface area contributed by atoms with Gasteiger partial charge >= 0.3 is 5.97 Å². The Hall–Kier alpha value is -2.11. The highest BCUT2D eigenvalue weighted by atomic mass is 16.4. The first-order valence-electron chi connectivity index (χ1n) is 6.26. The molecule has 0 aliphatic heterocycles. The third kappa shape index (κ3) is 2.59. The number of hydrogen-bond acceptors (Lipinski definition) is 4. The minimum Gasteiger partial charge on any atom is -0.478 e. The molecule has 0 aliphatic rings. The summed E-state index contributed by atoms with van der Waals surface area (Å²) in [7, 11) is 0. The Morgan fingerprint density at radius 2 is 1.70 bits per heavy atom. The van der Waals surface area contributed by atoms with E-state index >= 15 is 0 Å². The molecule has 0 aliphatic carbocycles. The molecule has 2 rings (SSSR count). The molecule has 2 aromatic carbocycles. The lowest BCUT2D eigenvalue weighted by atomic mass is 9.99. The van der Waals surface area contributed by atoms with Crippen molar-refractivity contribution >= 4 is 22.4 Å². The first-order valence-corrected chi connectivity index (χ1v) is 6.26. The van der Waals surface area contributed by atoms with Crippen LogP contribution >= 0.6 is 0 Å². The molecule has 106 valence electrons. The van der Waals surface area contributed by atoms with Gasteiger partial charge in [-0.2, -0.15) is 0 Å². The van der Waals surface area contributed by atoms with Gasteiger partial charge in [0.25, 0.3) is 0 Å². The van der Waals surface area contributed by atoms with E-state index in [2.05, 4.69) is 5.32 Å². The van der Waals surface area contributed by atoms with Crippen LogP contribution in [0, 0.1) is 0 Å². The zero-order chi connectivity index (χ0) is 14.8. The lowest BCUT2D eigenvalue weighted by Gasteiger charge is -2.28. The molecule has 0 heterocycles. The molecule has 5 heteroatoms. The fourth-order valence-electron chi connectivity index (χ4n) is 2.05. The predicted octanol–water partition coefficient (Wildman–Crippen LogP) is 1.69. The Balaban J connectivity index is 2.56. The third-order valence-electron chi connectivity index (χ3n) is 3.29. The van der Waals surface area contributed by atoms with E-state index in [0.29, 0.717) is 11.1 Å². The normalized spacial score (nSPS) is 11.6. The van der Waals surface area contributed by atoms with E-state index in [1.165, 1.54) is 6.07 Å². The molecule has 2 aromatic rings. The number of aliphatic hydroxyl groups is 2. The number of rotatable bonds is 5. The van der Waals surface area contributed by atoms with E-state index in [0.717, 1.165) is 5.39 Å². The summed E-state index contributed by atoms with van der Waals surface area (Å²) in [6, 6.07) is 10.3. The number of carboxylic acids is 1. The van der Waals surface area contributed by atoms with Crippen LogP contribution in [0.1, 0.15) is 17.3 Å². The number of nitrogens with one attached hydrogen (secondary N) is 1. The number of carboxylic acid groups (broad SMARTS) is 1. The van der Waals surface area contributed by atoms with Gasteiger partial charge in [-0.25, -0.2) is 4.79 Å². The first kappa shape index (κ1) is 14.3. The van der Waals surface area contributed by atoms with E-state index < -0.39 is 11.5 Å². The van der Waals surface area contributed by atoms with Crippen LogP contribution in [0.3, 0.4) is 0 Å². The molecule has 0 bridgehead atoms. The highest BCUT2D eigenvalue weighted by molar-refractivity contribution is 6.07. The maximum absolute atomic E-state index is 11.2. The Kier molecular flexibility index (Phi) is 3.92. The lowest BCUT2D eigenvalue weighted by molar-refractivity contribution is 0.0699. The Morgan fingerprint density at radius 1 is 1.10 bits per heavy atom. The molecule has 4 N–H and O–H groups in total. The zero-order valence-corrected chi connectivity index (χ0v) is 11.1. The molecular formula is C15H17NO4. The molecule has 0 unspecified atom stereocenters. The van der Waals surface area contributed by atoms with E-state index in [1.807, 2.05) is 6.07 Å². The average molecular weight is 275 g/mol. The van der Waals surface area contributed by atoms with Gasteiger partial charge in [0.2, 0.25) is 0 Å². The number of aliphatic hydroxyl groups excluding tert-OH is 2. The van der Waals surface area contributed by atoms with Gasteiger partial charge in [-0.1, -0.05) is 24.3 Å². The van der Waals surface area contributed by atoms with E-state index in [9.17, 15) is 20.1 Å². The van der Waals surface area contributed by atoms with Crippen molar-refractivity contribution in [1.82, 2.24) is 0 Å². The van der Waals surface area contributed by atoms with E-state index in [-0.39, 0.29) is 18.8 Å². The van der Waals surface area contributed by atoms with E-state index in [1.54, 1.807) is 31.2 Å². The van der Waals surface area contributed by atoms with Crippen molar-refractivity contribution in [3.8, 4) is 0 Å². The van der Waals surface area contributed by atoms with Gasteiger partial charge in [0, 0.05) is 11.1 Å². The second kappa shape index (κ2) is 5.48. The number of hydrogen-bond donors (Lipinski definition) is 4. The highest BCUT2D eigenvalue weighted by Gasteiger charge is 2.23. The number of carbonyl (C=O) groups is 1. The molecule has 0 amide bonds. The number of anilines is 1. The van der Waals surface area contributed by atoms with Crippen LogP contribution in [0.4, 0.5) is 5.69 Å². The summed E-state index contributed by atoms with van der Waals surface area (Å²) in [5.41, 5.74) is 0.0325. The SMILES string of the molecule is CC(CO)(CO)Nc1ccc(C(=O)O)c2ccccc12. The number of benzene rings is 2. The van der Waals surface area contributed by atoms with Crippen LogP contribution in [0.5, 0.6) is 0 Å². The van der Waals surface area contributed by atoms with E-state index in [4.69, 9.17) is 0 Å². The number of aromatic carboxylic acids is 1. The van der Waals surface area contributed by atoms with Crippen LogP contribution in [-0.2, 0) is 0 Å². The smallest absolute Gasteiger partial charge is 0.336 e. The van der Waals surface area contributed by atoms with Crippen molar-refractivity contribution in [2.24, 2.45) is 0 Å². The summed E-state index contributed by atoms with van der Waals surface area (Å²) in [4.78, 5) is 11.2. The summed E-state index contributed by atoms with van der Waals surface area (Å²) in [5, 5.41) is 32.3. The van der Waals surface area contributed by atoms with Gasteiger partial charge in [-0.15, -0.1) is 0 Å². The summed E-state index contributed by atoms with van der Waals surface area (Å²) in [5.74, 6) is -0.986. The molecule has 20 heavy (non-hydrogen) atoms. The summed E-state index contributed by atoms with van der Waals surface area (Å²) in [6.45, 7) is 1.21. The van der Waals surface area contributed by atoms with Gasteiger partial charge in [0.05, 0.1) is 24.3 Å².